The second kappa shape index (κ2) is 10.3. The number of ether oxygens (including phenoxy) is 1. The van der Waals surface area contributed by atoms with Crippen LogP contribution >= 0.6 is 0 Å². The highest BCUT2D eigenvalue weighted by Gasteiger charge is 2.23. The van der Waals surface area contributed by atoms with Gasteiger partial charge in [-0.2, -0.15) is 4.31 Å². The van der Waals surface area contributed by atoms with Crippen LogP contribution in [0.5, 0.6) is 0 Å². The molecule has 3 aromatic rings. The summed E-state index contributed by atoms with van der Waals surface area (Å²) in [6.07, 6.45) is 0. The van der Waals surface area contributed by atoms with Gasteiger partial charge in [0.05, 0.1) is 10.5 Å². The number of carbonyl (C=O) groups excluding carboxylic acids is 2. The highest BCUT2D eigenvalue weighted by Crippen LogP contribution is 2.22. The molecule has 0 aliphatic heterocycles. The van der Waals surface area contributed by atoms with Gasteiger partial charge in [0.25, 0.3) is 0 Å². The number of sulfonamides is 1. The van der Waals surface area contributed by atoms with Gasteiger partial charge >= 0.3 is 5.97 Å². The normalized spacial score (nSPS) is 11.6. The Balaban J connectivity index is 1.76. The van der Waals surface area contributed by atoms with Crippen molar-refractivity contribution in [2.45, 2.75) is 32.6 Å². The van der Waals surface area contributed by atoms with E-state index < -0.39 is 28.4 Å². The van der Waals surface area contributed by atoms with Crippen LogP contribution < -0.4 is 0 Å². The van der Waals surface area contributed by atoms with Crippen molar-refractivity contribution >= 4 is 21.8 Å². The van der Waals surface area contributed by atoms with E-state index in [1.165, 1.54) is 40.7 Å². The lowest BCUT2D eigenvalue weighted by molar-refractivity contribution is 0.0474. The Morgan fingerprint density at radius 3 is 2.26 bits per heavy atom. The minimum absolute atomic E-state index is 0.0141. The molecule has 0 fully saturated rings. The molecule has 0 aliphatic rings. The summed E-state index contributed by atoms with van der Waals surface area (Å²) in [5, 5.41) is 0. The Bertz CT molecular complexity index is 1310. The predicted molar refractivity (Wildman–Crippen MR) is 126 cm³/mol. The first-order chi connectivity index (χ1) is 16.1. The van der Waals surface area contributed by atoms with Crippen molar-refractivity contribution in [1.82, 2.24) is 8.87 Å². The van der Waals surface area contributed by atoms with Crippen molar-refractivity contribution in [2.75, 3.05) is 19.7 Å². The molecule has 34 heavy (non-hydrogen) atoms. The second-order valence-corrected chi connectivity index (χ2v) is 9.65. The van der Waals surface area contributed by atoms with Crippen molar-refractivity contribution in [3.8, 4) is 5.69 Å². The molecule has 1 heterocycles. The van der Waals surface area contributed by atoms with Crippen LogP contribution in [0, 0.1) is 19.7 Å². The molecule has 0 saturated carbocycles. The lowest BCUT2D eigenvalue weighted by Crippen LogP contribution is -2.30. The highest BCUT2D eigenvalue weighted by atomic mass is 32.2. The summed E-state index contributed by atoms with van der Waals surface area (Å²) in [6, 6.07) is 13.2. The number of aromatic nitrogens is 1. The van der Waals surface area contributed by atoms with E-state index in [0.29, 0.717) is 30.0 Å². The van der Waals surface area contributed by atoms with Crippen molar-refractivity contribution in [3.63, 3.8) is 0 Å². The van der Waals surface area contributed by atoms with Crippen molar-refractivity contribution < 1.29 is 27.1 Å². The lowest BCUT2D eigenvalue weighted by atomic mass is 10.1. The van der Waals surface area contributed by atoms with E-state index in [1.54, 1.807) is 39.0 Å². The summed E-state index contributed by atoms with van der Waals surface area (Å²) in [6.45, 7) is 7.15. The monoisotopic (exact) mass is 486 g/mol. The van der Waals surface area contributed by atoms with E-state index in [1.807, 2.05) is 11.5 Å². The molecule has 0 spiro atoms. The third-order valence-corrected chi connectivity index (χ3v) is 7.61. The first kappa shape index (κ1) is 25.3. The van der Waals surface area contributed by atoms with E-state index in [9.17, 15) is 22.4 Å². The first-order valence-electron chi connectivity index (χ1n) is 10.9. The van der Waals surface area contributed by atoms with Gasteiger partial charge in [-0.15, -0.1) is 0 Å². The first-order valence-corrected chi connectivity index (χ1v) is 12.3. The summed E-state index contributed by atoms with van der Waals surface area (Å²) in [5.41, 5.74) is 2.54. The van der Waals surface area contributed by atoms with E-state index in [4.69, 9.17) is 4.74 Å². The summed E-state index contributed by atoms with van der Waals surface area (Å²) in [7, 11) is -3.74. The van der Waals surface area contributed by atoms with Crippen LogP contribution in [0.15, 0.2) is 59.5 Å². The molecular formula is C25H27FN2O5S. The van der Waals surface area contributed by atoms with E-state index in [2.05, 4.69) is 0 Å². The number of hydrogen-bond donors (Lipinski definition) is 0. The largest absolute Gasteiger partial charge is 0.454 e. The molecule has 1 aromatic heterocycles. The zero-order valence-corrected chi connectivity index (χ0v) is 20.4. The average Bonchev–Trinajstić information content (AvgIpc) is 3.12. The molecule has 0 unspecified atom stereocenters. The predicted octanol–water partition coefficient (Wildman–Crippen LogP) is 4.30. The van der Waals surface area contributed by atoms with Gasteiger partial charge in [-0.25, -0.2) is 17.6 Å². The van der Waals surface area contributed by atoms with Crippen LogP contribution in [0.1, 0.15) is 46.0 Å². The number of hydrogen-bond acceptors (Lipinski definition) is 5. The Labute approximate surface area is 198 Å². The van der Waals surface area contributed by atoms with Crippen LogP contribution in [0.25, 0.3) is 5.69 Å². The van der Waals surface area contributed by atoms with Crippen LogP contribution in [-0.4, -0.2) is 48.7 Å². The zero-order chi connectivity index (χ0) is 25.0. The highest BCUT2D eigenvalue weighted by molar-refractivity contribution is 7.89. The third kappa shape index (κ3) is 5.10. The number of aryl methyl sites for hydroxylation is 1. The fourth-order valence-corrected chi connectivity index (χ4v) is 5.33. The van der Waals surface area contributed by atoms with Crippen LogP contribution in [0.2, 0.25) is 0 Å². The molecule has 2 aromatic carbocycles. The van der Waals surface area contributed by atoms with Crippen LogP contribution in [0.4, 0.5) is 4.39 Å². The van der Waals surface area contributed by atoms with Crippen molar-refractivity contribution in [1.29, 1.82) is 0 Å². The molecule has 0 aliphatic carbocycles. The maximum absolute atomic E-state index is 13.3. The van der Waals surface area contributed by atoms with Gasteiger partial charge in [0.2, 0.25) is 15.8 Å². The summed E-state index contributed by atoms with van der Waals surface area (Å²) < 4.78 is 47.0. The minimum Gasteiger partial charge on any atom is -0.454 e. The van der Waals surface area contributed by atoms with Crippen molar-refractivity contribution in [2.24, 2.45) is 0 Å². The summed E-state index contributed by atoms with van der Waals surface area (Å²) in [5.74, 6) is -1.55. The quantitative estimate of drug-likeness (QED) is 0.332. The van der Waals surface area contributed by atoms with Gasteiger partial charge in [-0.1, -0.05) is 19.9 Å². The molecular weight excluding hydrogens is 459 g/mol. The number of Topliss-reactive ketones (excluding diaryl/α,β-unsaturated/α-hetero) is 1. The fraction of sp³-hybridized carbons (Fsp3) is 0.280. The third-order valence-electron chi connectivity index (χ3n) is 5.56. The number of nitrogens with zero attached hydrogens (tertiary/aromatic N) is 2. The molecule has 3 rings (SSSR count). The van der Waals surface area contributed by atoms with Gasteiger partial charge < -0.3 is 9.30 Å². The SMILES string of the molecule is CCN(CC)S(=O)(=O)c1cccc(C(=O)OCC(=O)c2cc(C)n(-c3ccc(F)cc3)c2C)c1. The van der Waals surface area contributed by atoms with Gasteiger partial charge in [0.15, 0.2) is 6.61 Å². The lowest BCUT2D eigenvalue weighted by Gasteiger charge is -2.18. The molecule has 0 bridgehead atoms. The smallest absolute Gasteiger partial charge is 0.338 e. The molecule has 9 heteroatoms. The molecule has 0 saturated heterocycles. The van der Waals surface area contributed by atoms with E-state index in [0.717, 1.165) is 5.69 Å². The number of carbonyl (C=O) groups is 2. The topological polar surface area (TPSA) is 85.7 Å². The number of halogens is 1. The summed E-state index contributed by atoms with van der Waals surface area (Å²) >= 11 is 0. The average molecular weight is 487 g/mol. The molecule has 0 atom stereocenters. The molecule has 0 radical (unpaired) electrons. The van der Waals surface area contributed by atoms with E-state index >= 15 is 0 Å². The Kier molecular flexibility index (Phi) is 7.68. The second-order valence-electron chi connectivity index (χ2n) is 7.71. The van der Waals surface area contributed by atoms with Gasteiger partial charge in [-0.3, -0.25) is 4.79 Å². The van der Waals surface area contributed by atoms with Crippen LogP contribution in [0.3, 0.4) is 0 Å². The van der Waals surface area contributed by atoms with Gasteiger partial charge in [-0.05, 0) is 62.4 Å². The Hall–Kier alpha value is -3.30. The minimum atomic E-state index is -3.74. The fourth-order valence-electron chi connectivity index (χ4n) is 3.82. The number of benzene rings is 2. The maximum Gasteiger partial charge on any atom is 0.338 e. The number of rotatable bonds is 9. The Morgan fingerprint density at radius 2 is 1.65 bits per heavy atom. The standard InChI is InChI=1S/C25H27FN2O5S/c1-5-27(6-2)34(31,32)22-9-7-8-19(15-22)25(30)33-16-24(29)23-14-17(3)28(18(23)4)21-12-10-20(26)11-13-21/h7-15H,5-6,16H2,1-4H3. The summed E-state index contributed by atoms with van der Waals surface area (Å²) in [4.78, 5) is 25.3. The maximum atomic E-state index is 13.3. The Morgan fingerprint density at radius 1 is 1.00 bits per heavy atom. The zero-order valence-electron chi connectivity index (χ0n) is 19.5. The van der Waals surface area contributed by atoms with Crippen molar-refractivity contribution in [3.05, 3.63) is 82.9 Å². The molecule has 0 N–H and O–H groups in total. The molecule has 0 amide bonds. The molecule has 180 valence electrons. The van der Waals surface area contributed by atoms with Crippen LogP contribution in [-0.2, 0) is 14.8 Å². The van der Waals surface area contributed by atoms with E-state index in [-0.39, 0.29) is 16.3 Å². The number of esters is 1. The van der Waals surface area contributed by atoms with Gasteiger partial charge in [0, 0.05) is 35.7 Å². The molecule has 7 nitrogen and oxygen atoms in total. The number of ketones is 1. The van der Waals surface area contributed by atoms with Gasteiger partial charge in [0.1, 0.15) is 5.82 Å².